The third kappa shape index (κ3) is 1.80. The first kappa shape index (κ1) is 6.05. The fourth-order valence-corrected chi connectivity index (χ4v) is 0.874. The normalized spacial score (nSPS) is 31.9. The van der Waals surface area contributed by atoms with E-state index in [1.165, 1.54) is 0 Å². The summed E-state index contributed by atoms with van der Waals surface area (Å²) in [5.74, 6) is 0. The Kier molecular flexibility index (Phi) is 2.30. The summed E-state index contributed by atoms with van der Waals surface area (Å²) in [6, 6.07) is 0. The predicted octanol–water partition coefficient (Wildman–Crippen LogP) is 0.283. The van der Waals surface area contributed by atoms with Crippen LogP contribution in [0.1, 0.15) is 19.3 Å². The van der Waals surface area contributed by atoms with Crippen LogP contribution in [0.4, 0.5) is 0 Å². The minimum Gasteiger partial charge on any atom is -0.379 e. The van der Waals surface area contributed by atoms with Crippen LogP contribution in [-0.2, 0) is 0 Å². The third-order valence-corrected chi connectivity index (χ3v) is 1.35. The number of hydrogen-bond donors (Lipinski definition) is 2. The van der Waals surface area contributed by atoms with Crippen molar-refractivity contribution < 1.29 is 5.11 Å². The highest BCUT2D eigenvalue weighted by Crippen LogP contribution is 2.03. The number of aliphatic hydroxyl groups excluding tert-OH is 1. The zero-order chi connectivity index (χ0) is 5.82. The van der Waals surface area contributed by atoms with E-state index in [1.54, 1.807) is 0 Å². The summed E-state index contributed by atoms with van der Waals surface area (Å²) in [4.78, 5) is 0. The average Bonchev–Trinajstić information content (AvgIpc) is 1.94. The summed E-state index contributed by atoms with van der Waals surface area (Å²) in [6.07, 6.45) is 4.96. The van der Waals surface area contributed by atoms with Gasteiger partial charge in [0.25, 0.3) is 0 Å². The molecule has 1 aliphatic rings. The van der Waals surface area contributed by atoms with Gasteiger partial charge in [0.15, 0.2) is 0 Å². The van der Waals surface area contributed by atoms with Gasteiger partial charge in [-0.15, -0.1) is 0 Å². The second-order valence-electron chi connectivity index (χ2n) is 2.14. The highest BCUT2D eigenvalue weighted by Gasteiger charge is 2.05. The summed E-state index contributed by atoms with van der Waals surface area (Å²) >= 11 is 0. The van der Waals surface area contributed by atoms with Crippen LogP contribution < -0.4 is 5.32 Å². The lowest BCUT2D eigenvalue weighted by atomic mass is 10.2. The van der Waals surface area contributed by atoms with Gasteiger partial charge in [-0.2, -0.15) is 0 Å². The summed E-state index contributed by atoms with van der Waals surface area (Å²) in [5.41, 5.74) is 0. The van der Waals surface area contributed by atoms with Crippen molar-refractivity contribution in [3.8, 4) is 0 Å². The van der Waals surface area contributed by atoms with Crippen molar-refractivity contribution in [2.45, 2.75) is 25.5 Å². The van der Waals surface area contributed by atoms with Crippen molar-refractivity contribution in [3.63, 3.8) is 0 Å². The molecule has 1 unspecified atom stereocenters. The monoisotopic (exact) mass is 114 g/mol. The lowest BCUT2D eigenvalue weighted by Gasteiger charge is -2.05. The van der Waals surface area contributed by atoms with E-state index in [9.17, 15) is 0 Å². The Morgan fingerprint density at radius 1 is 1.62 bits per heavy atom. The maximum absolute atomic E-state index is 8.95. The van der Waals surface area contributed by atoms with Crippen LogP contribution in [0.15, 0.2) is 0 Å². The molecular weight excluding hydrogens is 102 g/mol. The molecular formula is C6H12NO. The van der Waals surface area contributed by atoms with Crippen molar-refractivity contribution in [3.05, 3.63) is 6.42 Å². The fourth-order valence-electron chi connectivity index (χ4n) is 0.874. The summed E-state index contributed by atoms with van der Waals surface area (Å²) < 4.78 is 0. The molecule has 1 fully saturated rings. The zero-order valence-electron chi connectivity index (χ0n) is 4.93. The molecule has 2 heteroatoms. The van der Waals surface area contributed by atoms with Gasteiger partial charge < -0.3 is 5.11 Å². The molecule has 1 radical (unpaired) electrons. The molecule has 8 heavy (non-hydrogen) atoms. The Morgan fingerprint density at radius 2 is 2.50 bits per heavy atom. The smallest absolute Gasteiger partial charge is 0.105 e. The average molecular weight is 114 g/mol. The SMILES string of the molecule is OC1C[CH]CCCN1. The molecule has 1 heterocycles. The van der Waals surface area contributed by atoms with Gasteiger partial charge in [-0.05, 0) is 32.2 Å². The molecule has 0 aliphatic carbocycles. The molecule has 47 valence electrons. The lowest BCUT2D eigenvalue weighted by Crippen LogP contribution is -2.27. The Morgan fingerprint density at radius 3 is 3.38 bits per heavy atom. The maximum Gasteiger partial charge on any atom is 0.105 e. The molecule has 0 bridgehead atoms. The summed E-state index contributed by atoms with van der Waals surface area (Å²) in [6.45, 7) is 0.956. The third-order valence-electron chi connectivity index (χ3n) is 1.35. The van der Waals surface area contributed by atoms with Crippen molar-refractivity contribution in [1.82, 2.24) is 5.32 Å². The second kappa shape index (κ2) is 3.05. The molecule has 1 aliphatic heterocycles. The summed E-state index contributed by atoms with van der Waals surface area (Å²) in [5, 5.41) is 11.9. The van der Waals surface area contributed by atoms with E-state index < -0.39 is 0 Å². The van der Waals surface area contributed by atoms with E-state index in [-0.39, 0.29) is 6.23 Å². The standard InChI is InChI=1S/C6H12NO/c8-6-4-2-1-3-5-7-6/h2,6-8H,1,3-5H2. The number of aliphatic hydroxyl groups is 1. The topological polar surface area (TPSA) is 32.3 Å². The van der Waals surface area contributed by atoms with Crippen LogP contribution in [-0.4, -0.2) is 17.9 Å². The van der Waals surface area contributed by atoms with Gasteiger partial charge in [0.2, 0.25) is 0 Å². The van der Waals surface area contributed by atoms with Crippen molar-refractivity contribution in [2.24, 2.45) is 0 Å². The van der Waals surface area contributed by atoms with Crippen LogP contribution in [0, 0.1) is 6.42 Å². The summed E-state index contributed by atoms with van der Waals surface area (Å²) in [7, 11) is 0. The molecule has 1 rings (SSSR count). The van der Waals surface area contributed by atoms with Crippen LogP contribution in [0.25, 0.3) is 0 Å². The van der Waals surface area contributed by atoms with Crippen LogP contribution in [0.3, 0.4) is 0 Å². The lowest BCUT2D eigenvalue weighted by molar-refractivity contribution is 0.142. The molecule has 2 N–H and O–H groups in total. The number of hydrogen-bond acceptors (Lipinski definition) is 2. The molecule has 0 amide bonds. The van der Waals surface area contributed by atoms with Gasteiger partial charge in [-0.3, -0.25) is 5.32 Å². The molecule has 0 saturated carbocycles. The first-order valence-corrected chi connectivity index (χ1v) is 3.13. The molecule has 0 aromatic carbocycles. The van der Waals surface area contributed by atoms with E-state index >= 15 is 0 Å². The fraction of sp³-hybridized carbons (Fsp3) is 0.833. The van der Waals surface area contributed by atoms with Crippen molar-refractivity contribution >= 4 is 0 Å². The van der Waals surface area contributed by atoms with E-state index in [2.05, 4.69) is 11.7 Å². The maximum atomic E-state index is 8.95. The van der Waals surface area contributed by atoms with Crippen LogP contribution in [0.2, 0.25) is 0 Å². The van der Waals surface area contributed by atoms with Gasteiger partial charge in [0.1, 0.15) is 6.23 Å². The first-order chi connectivity index (χ1) is 3.89. The quantitative estimate of drug-likeness (QED) is 0.474. The molecule has 0 spiro atoms. The van der Waals surface area contributed by atoms with Crippen molar-refractivity contribution in [1.29, 1.82) is 0 Å². The highest BCUT2D eigenvalue weighted by atomic mass is 16.3. The van der Waals surface area contributed by atoms with E-state index in [0.717, 1.165) is 25.8 Å². The second-order valence-corrected chi connectivity index (χ2v) is 2.14. The Balaban J connectivity index is 2.17. The zero-order valence-corrected chi connectivity index (χ0v) is 4.93. The minimum atomic E-state index is -0.280. The Labute approximate surface area is 49.9 Å². The van der Waals surface area contributed by atoms with Gasteiger partial charge in [0.05, 0.1) is 0 Å². The number of rotatable bonds is 0. The molecule has 1 saturated heterocycles. The first-order valence-electron chi connectivity index (χ1n) is 3.13. The Bertz CT molecular complexity index is 57.5. The Hall–Kier alpha value is -0.0800. The number of nitrogens with one attached hydrogen (secondary N) is 1. The molecule has 0 aromatic heterocycles. The van der Waals surface area contributed by atoms with Gasteiger partial charge >= 0.3 is 0 Å². The largest absolute Gasteiger partial charge is 0.379 e. The van der Waals surface area contributed by atoms with Gasteiger partial charge in [0, 0.05) is 0 Å². The van der Waals surface area contributed by atoms with Crippen LogP contribution >= 0.6 is 0 Å². The van der Waals surface area contributed by atoms with E-state index in [4.69, 9.17) is 5.11 Å². The highest BCUT2D eigenvalue weighted by molar-refractivity contribution is 4.73. The van der Waals surface area contributed by atoms with Gasteiger partial charge in [-0.1, -0.05) is 0 Å². The van der Waals surface area contributed by atoms with E-state index in [1.807, 2.05) is 0 Å². The van der Waals surface area contributed by atoms with Gasteiger partial charge in [-0.25, -0.2) is 0 Å². The molecule has 2 nitrogen and oxygen atoms in total. The van der Waals surface area contributed by atoms with Crippen LogP contribution in [0.5, 0.6) is 0 Å². The minimum absolute atomic E-state index is 0.280. The molecule has 1 atom stereocenters. The van der Waals surface area contributed by atoms with E-state index in [0.29, 0.717) is 0 Å². The molecule has 0 aromatic rings. The predicted molar refractivity (Wildman–Crippen MR) is 32.2 cm³/mol. The van der Waals surface area contributed by atoms with Crippen molar-refractivity contribution in [2.75, 3.05) is 6.54 Å².